The van der Waals surface area contributed by atoms with E-state index in [1.54, 1.807) is 0 Å². The van der Waals surface area contributed by atoms with Crippen LogP contribution in [0.2, 0.25) is 5.02 Å². The molecular formula is C10H10ClNO. The number of halogens is 1. The Morgan fingerprint density at radius 3 is 2.92 bits per heavy atom. The number of hydrogen-bond donors (Lipinski definition) is 2. The third-order valence-electron chi connectivity index (χ3n) is 2.12. The predicted molar refractivity (Wildman–Crippen MR) is 54.0 cm³/mol. The van der Waals surface area contributed by atoms with Crippen molar-refractivity contribution in [2.75, 3.05) is 0 Å². The predicted octanol–water partition coefficient (Wildman–Crippen LogP) is 2.62. The van der Waals surface area contributed by atoms with E-state index < -0.39 is 0 Å². The molecule has 2 rings (SSSR count). The van der Waals surface area contributed by atoms with Gasteiger partial charge in [-0.3, -0.25) is 0 Å². The summed E-state index contributed by atoms with van der Waals surface area (Å²) in [6, 6.07) is 5.99. The minimum atomic E-state index is -0.0490. The molecule has 0 radical (unpaired) electrons. The van der Waals surface area contributed by atoms with E-state index in [4.69, 9.17) is 16.7 Å². The van der Waals surface area contributed by atoms with Crippen LogP contribution in [-0.2, 0) is 6.61 Å². The first-order valence-electron chi connectivity index (χ1n) is 4.10. The van der Waals surface area contributed by atoms with Gasteiger partial charge in [0.15, 0.2) is 0 Å². The van der Waals surface area contributed by atoms with Gasteiger partial charge in [0.2, 0.25) is 0 Å². The van der Waals surface area contributed by atoms with Crippen LogP contribution in [0.3, 0.4) is 0 Å². The molecule has 1 aromatic carbocycles. The summed E-state index contributed by atoms with van der Waals surface area (Å²) in [7, 11) is 0. The standard InChI is InChI=1S/C10H10ClNO/c1-6-2-3-8-7(4-6)10(11)9(5-13)12-8/h2-4,12-13H,5H2,1H3. The van der Waals surface area contributed by atoms with Crippen molar-refractivity contribution in [1.29, 1.82) is 0 Å². The van der Waals surface area contributed by atoms with Gasteiger partial charge in [0, 0.05) is 10.9 Å². The molecule has 0 amide bonds. The lowest BCUT2D eigenvalue weighted by Crippen LogP contribution is -1.81. The molecule has 0 aliphatic rings. The second-order valence-electron chi connectivity index (χ2n) is 3.12. The number of aliphatic hydroxyl groups excluding tert-OH is 1. The normalized spacial score (nSPS) is 11.0. The van der Waals surface area contributed by atoms with E-state index in [0.29, 0.717) is 10.7 Å². The lowest BCUT2D eigenvalue weighted by molar-refractivity contribution is 0.278. The number of aryl methyl sites for hydroxylation is 1. The van der Waals surface area contributed by atoms with Gasteiger partial charge in [-0.2, -0.15) is 0 Å². The van der Waals surface area contributed by atoms with Crippen LogP contribution in [-0.4, -0.2) is 10.1 Å². The monoisotopic (exact) mass is 195 g/mol. The SMILES string of the molecule is Cc1ccc2[nH]c(CO)c(Cl)c2c1. The fourth-order valence-corrected chi connectivity index (χ4v) is 1.70. The van der Waals surface area contributed by atoms with Crippen LogP contribution in [0, 0.1) is 6.92 Å². The summed E-state index contributed by atoms with van der Waals surface area (Å²) < 4.78 is 0. The van der Waals surface area contributed by atoms with E-state index in [-0.39, 0.29) is 6.61 Å². The van der Waals surface area contributed by atoms with Gasteiger partial charge in [-0.05, 0) is 19.1 Å². The quantitative estimate of drug-likeness (QED) is 0.721. The van der Waals surface area contributed by atoms with Gasteiger partial charge in [-0.1, -0.05) is 23.2 Å². The van der Waals surface area contributed by atoms with Crippen LogP contribution >= 0.6 is 11.6 Å². The Hall–Kier alpha value is -0.990. The molecule has 1 heterocycles. The minimum absolute atomic E-state index is 0.0490. The number of aliphatic hydroxyl groups is 1. The van der Waals surface area contributed by atoms with Crippen LogP contribution < -0.4 is 0 Å². The summed E-state index contributed by atoms with van der Waals surface area (Å²) in [6.45, 7) is 1.97. The van der Waals surface area contributed by atoms with Crippen molar-refractivity contribution in [3.8, 4) is 0 Å². The van der Waals surface area contributed by atoms with Gasteiger partial charge >= 0.3 is 0 Å². The molecule has 0 aliphatic heterocycles. The molecule has 0 atom stereocenters. The van der Waals surface area contributed by atoms with E-state index in [0.717, 1.165) is 16.5 Å². The maximum absolute atomic E-state index is 8.97. The minimum Gasteiger partial charge on any atom is -0.390 e. The van der Waals surface area contributed by atoms with E-state index in [1.807, 2.05) is 25.1 Å². The van der Waals surface area contributed by atoms with Crippen molar-refractivity contribution in [2.24, 2.45) is 0 Å². The van der Waals surface area contributed by atoms with Crippen molar-refractivity contribution in [3.05, 3.63) is 34.5 Å². The van der Waals surface area contributed by atoms with Crippen LogP contribution in [0.1, 0.15) is 11.3 Å². The van der Waals surface area contributed by atoms with Crippen LogP contribution in [0.5, 0.6) is 0 Å². The van der Waals surface area contributed by atoms with Crippen molar-refractivity contribution in [1.82, 2.24) is 4.98 Å². The highest BCUT2D eigenvalue weighted by molar-refractivity contribution is 6.36. The number of benzene rings is 1. The third-order valence-corrected chi connectivity index (χ3v) is 2.55. The largest absolute Gasteiger partial charge is 0.390 e. The summed E-state index contributed by atoms with van der Waals surface area (Å²) >= 11 is 6.04. The zero-order valence-corrected chi connectivity index (χ0v) is 8.02. The van der Waals surface area contributed by atoms with Crippen molar-refractivity contribution in [3.63, 3.8) is 0 Å². The van der Waals surface area contributed by atoms with E-state index in [9.17, 15) is 0 Å². The van der Waals surface area contributed by atoms with Crippen LogP contribution in [0.15, 0.2) is 18.2 Å². The third kappa shape index (κ3) is 1.32. The fraction of sp³-hybridized carbons (Fsp3) is 0.200. The molecule has 1 aromatic heterocycles. The summed E-state index contributed by atoms with van der Waals surface area (Å²) in [5.74, 6) is 0. The summed E-state index contributed by atoms with van der Waals surface area (Å²) in [5.41, 5.74) is 2.82. The van der Waals surface area contributed by atoms with Gasteiger partial charge in [0.1, 0.15) is 0 Å². The number of aromatic nitrogens is 1. The molecule has 2 N–H and O–H groups in total. The molecule has 0 fully saturated rings. The first-order chi connectivity index (χ1) is 6.22. The Labute approximate surface area is 81.1 Å². The average Bonchev–Trinajstić information content (AvgIpc) is 2.44. The van der Waals surface area contributed by atoms with Gasteiger partial charge in [0.25, 0.3) is 0 Å². The summed E-state index contributed by atoms with van der Waals surface area (Å²) in [6.07, 6.45) is 0. The molecule has 0 aliphatic carbocycles. The molecule has 2 nitrogen and oxygen atoms in total. The highest BCUT2D eigenvalue weighted by Crippen LogP contribution is 2.27. The van der Waals surface area contributed by atoms with Crippen LogP contribution in [0.4, 0.5) is 0 Å². The lowest BCUT2D eigenvalue weighted by Gasteiger charge is -1.92. The molecule has 0 unspecified atom stereocenters. The van der Waals surface area contributed by atoms with Crippen molar-refractivity contribution in [2.45, 2.75) is 13.5 Å². The second kappa shape index (κ2) is 3.05. The highest BCUT2D eigenvalue weighted by atomic mass is 35.5. The molecule has 2 aromatic rings. The van der Waals surface area contributed by atoms with Gasteiger partial charge < -0.3 is 10.1 Å². The molecule has 68 valence electrons. The van der Waals surface area contributed by atoms with Crippen LogP contribution in [0.25, 0.3) is 10.9 Å². The number of aromatic amines is 1. The number of nitrogens with one attached hydrogen (secondary N) is 1. The number of hydrogen-bond acceptors (Lipinski definition) is 1. The first kappa shape index (κ1) is 8.60. The zero-order chi connectivity index (χ0) is 9.42. The first-order valence-corrected chi connectivity index (χ1v) is 4.47. The van der Waals surface area contributed by atoms with E-state index in [1.165, 1.54) is 0 Å². The van der Waals surface area contributed by atoms with Gasteiger partial charge in [-0.15, -0.1) is 0 Å². The molecule has 0 saturated carbocycles. The maximum Gasteiger partial charge on any atom is 0.0846 e. The van der Waals surface area contributed by atoms with Crippen molar-refractivity contribution >= 4 is 22.5 Å². The molecule has 0 saturated heterocycles. The Balaban J connectivity index is 2.77. The molecule has 0 bridgehead atoms. The number of rotatable bonds is 1. The molecule has 3 heteroatoms. The Bertz CT molecular complexity index is 447. The Kier molecular flexibility index (Phi) is 2.02. The average molecular weight is 196 g/mol. The van der Waals surface area contributed by atoms with Crippen molar-refractivity contribution < 1.29 is 5.11 Å². The highest BCUT2D eigenvalue weighted by Gasteiger charge is 2.07. The zero-order valence-electron chi connectivity index (χ0n) is 7.26. The summed E-state index contributed by atoms with van der Waals surface area (Å²) in [5, 5.41) is 10.6. The fourth-order valence-electron chi connectivity index (χ4n) is 1.44. The Morgan fingerprint density at radius 1 is 1.46 bits per heavy atom. The maximum atomic E-state index is 8.97. The molecular weight excluding hydrogens is 186 g/mol. The van der Waals surface area contributed by atoms with Gasteiger partial charge in [-0.25, -0.2) is 0 Å². The summed E-state index contributed by atoms with van der Waals surface area (Å²) in [4.78, 5) is 3.06. The Morgan fingerprint density at radius 2 is 2.23 bits per heavy atom. The lowest BCUT2D eigenvalue weighted by atomic mass is 10.2. The van der Waals surface area contributed by atoms with Gasteiger partial charge in [0.05, 0.1) is 17.3 Å². The topological polar surface area (TPSA) is 36.0 Å². The molecule has 13 heavy (non-hydrogen) atoms. The van der Waals surface area contributed by atoms with E-state index >= 15 is 0 Å². The molecule has 0 spiro atoms. The number of H-pyrrole nitrogens is 1. The smallest absolute Gasteiger partial charge is 0.0846 e. The second-order valence-corrected chi connectivity index (χ2v) is 3.50. The van der Waals surface area contributed by atoms with E-state index in [2.05, 4.69) is 4.98 Å². The number of fused-ring (bicyclic) bond motifs is 1.